The zero-order chi connectivity index (χ0) is 20.7. The smallest absolute Gasteiger partial charge is 0.273 e. The summed E-state index contributed by atoms with van der Waals surface area (Å²) in [6.45, 7) is 8.35. The van der Waals surface area contributed by atoms with Gasteiger partial charge in [-0.05, 0) is 59.4 Å². The third-order valence-electron chi connectivity index (χ3n) is 4.30. The maximum Gasteiger partial charge on any atom is 0.273 e. The van der Waals surface area contributed by atoms with Gasteiger partial charge in [0.05, 0.1) is 0 Å². The van der Waals surface area contributed by atoms with Gasteiger partial charge in [0.1, 0.15) is 11.5 Å². The second kappa shape index (κ2) is 9.18. The average molecular weight is 377 g/mol. The topological polar surface area (TPSA) is 61.7 Å². The van der Waals surface area contributed by atoms with E-state index >= 15 is 0 Å². The molecule has 0 atom stereocenters. The first-order chi connectivity index (χ1) is 13.2. The highest BCUT2D eigenvalue weighted by molar-refractivity contribution is 6.48. The molecule has 28 heavy (non-hydrogen) atoms. The fourth-order valence-corrected chi connectivity index (χ4v) is 2.72. The number of rotatable bonds is 5. The van der Waals surface area contributed by atoms with Crippen molar-refractivity contribution in [2.75, 3.05) is 12.4 Å². The van der Waals surface area contributed by atoms with Crippen molar-refractivity contribution in [2.45, 2.75) is 33.1 Å². The van der Waals surface area contributed by atoms with Crippen molar-refractivity contribution in [3.05, 3.63) is 77.9 Å². The van der Waals surface area contributed by atoms with E-state index in [1.807, 2.05) is 49.4 Å². The van der Waals surface area contributed by atoms with Crippen LogP contribution in [0.2, 0.25) is 0 Å². The van der Waals surface area contributed by atoms with Gasteiger partial charge in [-0.1, -0.05) is 57.2 Å². The Kier molecular flexibility index (Phi) is 6.94. The molecule has 4 nitrogen and oxygen atoms in total. The van der Waals surface area contributed by atoms with Crippen molar-refractivity contribution >= 4 is 22.9 Å². The first-order valence-corrected chi connectivity index (χ1v) is 9.27. The summed E-state index contributed by atoms with van der Waals surface area (Å²) in [4.78, 5) is 16.8. The van der Waals surface area contributed by atoms with Gasteiger partial charge in [0.25, 0.3) is 5.91 Å². The van der Waals surface area contributed by atoms with Gasteiger partial charge in [-0.3, -0.25) is 9.79 Å². The van der Waals surface area contributed by atoms with Gasteiger partial charge in [-0.2, -0.15) is 0 Å². The number of phenolic OH excluding ortho intramolecular Hbond substituents is 1. The van der Waals surface area contributed by atoms with Crippen LogP contribution in [0.25, 0.3) is 5.57 Å². The maximum absolute atomic E-state index is 12.7. The standard InChI is InChI=1S/C24H28N2O2/c1-6-8-17(18-9-7-10-21(27)15-18)16-22(25-5)23(28)26-20-13-11-19(12-14-20)24(2,3)4/h6-16,27H,1-5H3,(H,26,28)/b8-6+,17-16+,25-22?. The molecule has 0 aliphatic rings. The molecule has 0 heterocycles. The quantitative estimate of drug-likeness (QED) is 0.545. The summed E-state index contributed by atoms with van der Waals surface area (Å²) in [5.74, 6) is -0.112. The minimum absolute atomic E-state index is 0.0595. The Morgan fingerprint density at radius 2 is 1.79 bits per heavy atom. The van der Waals surface area contributed by atoms with Gasteiger partial charge < -0.3 is 10.4 Å². The molecule has 0 bridgehead atoms. The number of hydrogen-bond acceptors (Lipinski definition) is 3. The Morgan fingerprint density at radius 1 is 1.11 bits per heavy atom. The minimum atomic E-state index is -0.284. The number of nitrogens with one attached hydrogen (secondary N) is 1. The lowest BCUT2D eigenvalue weighted by Crippen LogP contribution is -2.21. The highest BCUT2D eigenvalue weighted by Gasteiger charge is 2.14. The van der Waals surface area contributed by atoms with Crippen LogP contribution in [0.1, 0.15) is 38.8 Å². The number of amides is 1. The summed E-state index contributed by atoms with van der Waals surface area (Å²) < 4.78 is 0. The van der Waals surface area contributed by atoms with Gasteiger partial charge in [-0.15, -0.1) is 0 Å². The molecule has 1 amide bonds. The normalized spacial score (nSPS) is 13.0. The van der Waals surface area contributed by atoms with E-state index in [9.17, 15) is 9.90 Å². The summed E-state index contributed by atoms with van der Waals surface area (Å²) >= 11 is 0. The van der Waals surface area contributed by atoms with Crippen LogP contribution in [0.3, 0.4) is 0 Å². The van der Waals surface area contributed by atoms with E-state index in [1.165, 1.54) is 5.56 Å². The molecule has 0 fully saturated rings. The maximum atomic E-state index is 12.7. The van der Waals surface area contributed by atoms with E-state index < -0.39 is 0 Å². The van der Waals surface area contributed by atoms with Crippen molar-refractivity contribution in [3.8, 4) is 5.75 Å². The number of phenols is 1. The molecule has 2 rings (SSSR count). The van der Waals surface area contributed by atoms with Crippen LogP contribution < -0.4 is 5.32 Å². The predicted octanol–water partition coefficient (Wildman–Crippen LogP) is 5.36. The predicted molar refractivity (Wildman–Crippen MR) is 118 cm³/mol. The summed E-state index contributed by atoms with van der Waals surface area (Å²) in [6.07, 6.45) is 5.48. The molecule has 0 saturated heterocycles. The number of hydrogen-bond donors (Lipinski definition) is 2. The van der Waals surface area contributed by atoms with Crippen molar-refractivity contribution in [1.29, 1.82) is 0 Å². The van der Waals surface area contributed by atoms with Gasteiger partial charge in [-0.25, -0.2) is 0 Å². The molecule has 0 aromatic heterocycles. The minimum Gasteiger partial charge on any atom is -0.508 e. The molecule has 4 heteroatoms. The molecule has 2 N–H and O–H groups in total. The van der Waals surface area contributed by atoms with Crippen LogP contribution in [0.4, 0.5) is 5.69 Å². The highest BCUT2D eigenvalue weighted by atomic mass is 16.3. The van der Waals surface area contributed by atoms with Crippen molar-refractivity contribution < 1.29 is 9.90 Å². The number of carbonyl (C=O) groups is 1. The lowest BCUT2D eigenvalue weighted by atomic mass is 9.87. The molecular weight excluding hydrogens is 348 g/mol. The van der Waals surface area contributed by atoms with E-state index in [4.69, 9.17) is 0 Å². The van der Waals surface area contributed by atoms with Crippen LogP contribution in [-0.4, -0.2) is 23.8 Å². The number of aliphatic imine (C=N–C) groups is 1. The van der Waals surface area contributed by atoms with Gasteiger partial charge in [0.2, 0.25) is 0 Å². The number of anilines is 1. The molecule has 0 unspecified atom stereocenters. The lowest BCUT2D eigenvalue weighted by molar-refractivity contribution is -0.110. The number of allylic oxidation sites excluding steroid dienone is 3. The van der Waals surface area contributed by atoms with E-state index in [2.05, 4.69) is 31.1 Å². The van der Waals surface area contributed by atoms with Crippen LogP contribution in [0.5, 0.6) is 5.75 Å². The first kappa shape index (κ1) is 21.2. The third kappa shape index (κ3) is 5.68. The molecular formula is C24H28N2O2. The fourth-order valence-electron chi connectivity index (χ4n) is 2.72. The van der Waals surface area contributed by atoms with Crippen molar-refractivity contribution in [3.63, 3.8) is 0 Å². The van der Waals surface area contributed by atoms with Gasteiger partial charge >= 0.3 is 0 Å². The number of benzene rings is 2. The zero-order valence-corrected chi connectivity index (χ0v) is 17.2. The number of nitrogens with zero attached hydrogens (tertiary/aromatic N) is 1. The van der Waals surface area contributed by atoms with Crippen molar-refractivity contribution in [2.24, 2.45) is 4.99 Å². The molecule has 0 aliphatic carbocycles. The Bertz CT molecular complexity index is 914. The summed E-state index contributed by atoms with van der Waals surface area (Å²) in [7, 11) is 1.59. The summed E-state index contributed by atoms with van der Waals surface area (Å²) in [6, 6.07) is 14.7. The third-order valence-corrected chi connectivity index (χ3v) is 4.30. The highest BCUT2D eigenvalue weighted by Crippen LogP contribution is 2.24. The molecule has 2 aromatic rings. The number of carbonyl (C=O) groups excluding carboxylic acids is 1. The van der Waals surface area contributed by atoms with Gasteiger partial charge in [0, 0.05) is 12.7 Å². The zero-order valence-electron chi connectivity index (χ0n) is 17.2. The van der Waals surface area contributed by atoms with Crippen LogP contribution in [-0.2, 0) is 10.2 Å². The molecule has 2 aromatic carbocycles. The molecule has 146 valence electrons. The van der Waals surface area contributed by atoms with Crippen LogP contribution in [0.15, 0.2) is 71.8 Å². The summed E-state index contributed by atoms with van der Waals surface area (Å²) in [5.41, 5.74) is 3.88. The average Bonchev–Trinajstić information content (AvgIpc) is 2.64. The lowest BCUT2D eigenvalue weighted by Gasteiger charge is -2.19. The Labute approximate surface area is 167 Å². The Balaban J connectivity index is 2.25. The number of aromatic hydroxyl groups is 1. The second-order valence-corrected chi connectivity index (χ2v) is 7.54. The van der Waals surface area contributed by atoms with Crippen LogP contribution in [0, 0.1) is 0 Å². The molecule has 0 radical (unpaired) electrons. The first-order valence-electron chi connectivity index (χ1n) is 9.27. The van der Waals surface area contributed by atoms with E-state index in [0.29, 0.717) is 5.71 Å². The van der Waals surface area contributed by atoms with E-state index in [0.717, 1.165) is 16.8 Å². The molecule has 0 saturated carbocycles. The monoisotopic (exact) mass is 376 g/mol. The largest absolute Gasteiger partial charge is 0.508 e. The molecule has 0 spiro atoms. The summed E-state index contributed by atoms with van der Waals surface area (Å²) in [5, 5.41) is 12.6. The fraction of sp³-hybridized carbons (Fsp3) is 0.250. The van der Waals surface area contributed by atoms with Gasteiger partial charge in [0.15, 0.2) is 0 Å². The Morgan fingerprint density at radius 3 is 2.32 bits per heavy atom. The molecule has 0 aliphatic heterocycles. The van der Waals surface area contributed by atoms with E-state index in [-0.39, 0.29) is 17.1 Å². The van der Waals surface area contributed by atoms with Crippen LogP contribution >= 0.6 is 0 Å². The Hall–Kier alpha value is -3.14. The second-order valence-electron chi connectivity index (χ2n) is 7.54. The van der Waals surface area contributed by atoms with E-state index in [1.54, 1.807) is 31.3 Å². The SMILES string of the molecule is C/C=C/C(=C\C(=NC)C(=O)Nc1ccc(C(C)(C)C)cc1)c1cccc(O)c1. The van der Waals surface area contributed by atoms with Crippen molar-refractivity contribution in [1.82, 2.24) is 0 Å².